The maximum Gasteiger partial charge on any atom is 0.310 e. The Morgan fingerprint density at radius 3 is 2.55 bits per heavy atom. The highest BCUT2D eigenvalue weighted by Gasteiger charge is 2.10. The van der Waals surface area contributed by atoms with Crippen LogP contribution in [0, 0.1) is 0 Å². The summed E-state index contributed by atoms with van der Waals surface area (Å²) in [5.74, 6) is 0.612. The first kappa shape index (κ1) is 22.0. The van der Waals surface area contributed by atoms with Gasteiger partial charge >= 0.3 is 5.97 Å². The van der Waals surface area contributed by atoms with Crippen LogP contribution in [0.3, 0.4) is 0 Å². The molecule has 0 saturated heterocycles. The van der Waals surface area contributed by atoms with Crippen LogP contribution in [0.2, 0.25) is 0 Å². The van der Waals surface area contributed by atoms with E-state index in [1.165, 1.54) is 6.08 Å². The van der Waals surface area contributed by atoms with Gasteiger partial charge in [-0.05, 0) is 56.2 Å². The number of hydrogen-bond donors (Lipinski definition) is 1. The largest absolute Gasteiger partial charge is 0.493 e. The van der Waals surface area contributed by atoms with Crippen LogP contribution in [0.25, 0.3) is 6.08 Å². The first-order valence-electron chi connectivity index (χ1n) is 9.50. The van der Waals surface area contributed by atoms with Crippen LogP contribution < -0.4 is 14.8 Å². The van der Waals surface area contributed by atoms with Crippen molar-refractivity contribution in [3.05, 3.63) is 59.7 Å². The average Bonchev–Trinajstić information content (AvgIpc) is 2.68. The van der Waals surface area contributed by atoms with Gasteiger partial charge in [-0.2, -0.15) is 0 Å². The second kappa shape index (κ2) is 10.9. The monoisotopic (exact) mass is 397 g/mol. The summed E-state index contributed by atoms with van der Waals surface area (Å²) in [5, 5.41) is 2.80. The van der Waals surface area contributed by atoms with Gasteiger partial charge < -0.3 is 19.5 Å². The van der Waals surface area contributed by atoms with Gasteiger partial charge in [-0.1, -0.05) is 24.3 Å². The fourth-order valence-electron chi connectivity index (χ4n) is 2.65. The van der Waals surface area contributed by atoms with Crippen molar-refractivity contribution < 1.29 is 23.8 Å². The van der Waals surface area contributed by atoms with E-state index in [4.69, 9.17) is 14.2 Å². The van der Waals surface area contributed by atoms with Crippen LogP contribution in [0.15, 0.2) is 48.5 Å². The Bertz CT molecular complexity index is 873. The summed E-state index contributed by atoms with van der Waals surface area (Å²) in [6.45, 7) is 5.96. The number of methoxy groups -OCH3 is 1. The molecule has 0 unspecified atom stereocenters. The molecule has 0 saturated carbocycles. The van der Waals surface area contributed by atoms with E-state index >= 15 is 0 Å². The zero-order valence-electron chi connectivity index (χ0n) is 17.2. The summed E-state index contributed by atoms with van der Waals surface area (Å²) in [6, 6.07) is 12.6. The molecule has 0 fully saturated rings. The molecule has 29 heavy (non-hydrogen) atoms. The number of nitrogens with one attached hydrogen (secondary N) is 1. The van der Waals surface area contributed by atoms with Crippen molar-refractivity contribution >= 4 is 23.6 Å². The zero-order chi connectivity index (χ0) is 21.2. The number of hydrogen-bond acceptors (Lipinski definition) is 5. The standard InChI is InChI=1S/C23H27NO5/c1-5-28-23(26)15-18-8-6-7-9-19(18)24-22(25)13-11-17-10-12-20(29-16(2)3)21(14-17)27-4/h6-14,16H,5,15H2,1-4H3,(H,24,25). The minimum Gasteiger partial charge on any atom is -0.493 e. The van der Waals surface area contributed by atoms with E-state index in [1.54, 1.807) is 44.4 Å². The average molecular weight is 397 g/mol. The van der Waals surface area contributed by atoms with Gasteiger partial charge in [-0.3, -0.25) is 9.59 Å². The SMILES string of the molecule is CCOC(=O)Cc1ccccc1NC(=O)C=Cc1ccc(OC(C)C)c(OC)c1. The fraction of sp³-hybridized carbons (Fsp3) is 0.304. The third kappa shape index (κ3) is 6.99. The first-order valence-corrected chi connectivity index (χ1v) is 9.50. The molecule has 0 radical (unpaired) electrons. The van der Waals surface area contributed by atoms with E-state index < -0.39 is 0 Å². The molecular weight excluding hydrogens is 370 g/mol. The number of amides is 1. The molecule has 1 amide bonds. The molecule has 2 aromatic rings. The molecule has 0 aromatic heterocycles. The van der Waals surface area contributed by atoms with E-state index in [2.05, 4.69) is 5.32 Å². The van der Waals surface area contributed by atoms with E-state index in [0.29, 0.717) is 29.4 Å². The number of anilines is 1. The zero-order valence-corrected chi connectivity index (χ0v) is 17.2. The highest BCUT2D eigenvalue weighted by Crippen LogP contribution is 2.29. The number of carbonyl (C=O) groups excluding carboxylic acids is 2. The molecule has 0 bridgehead atoms. The number of esters is 1. The molecule has 0 spiro atoms. The highest BCUT2D eigenvalue weighted by molar-refractivity contribution is 6.02. The van der Waals surface area contributed by atoms with Gasteiger partial charge in [-0.15, -0.1) is 0 Å². The quantitative estimate of drug-likeness (QED) is 0.506. The summed E-state index contributed by atoms with van der Waals surface area (Å²) < 4.78 is 16.0. The lowest BCUT2D eigenvalue weighted by Crippen LogP contribution is -2.13. The van der Waals surface area contributed by atoms with Gasteiger partial charge in [0.25, 0.3) is 0 Å². The van der Waals surface area contributed by atoms with Gasteiger partial charge in [0.2, 0.25) is 5.91 Å². The summed E-state index contributed by atoms with van der Waals surface area (Å²) in [6.07, 6.45) is 3.25. The van der Waals surface area contributed by atoms with Gasteiger partial charge in [0.1, 0.15) is 0 Å². The van der Waals surface area contributed by atoms with Crippen molar-refractivity contribution in [1.82, 2.24) is 0 Å². The van der Waals surface area contributed by atoms with Crippen molar-refractivity contribution in [3.8, 4) is 11.5 Å². The normalized spacial score (nSPS) is 10.8. The lowest BCUT2D eigenvalue weighted by Gasteiger charge is -2.13. The molecule has 0 atom stereocenters. The molecule has 154 valence electrons. The van der Waals surface area contributed by atoms with Crippen molar-refractivity contribution in [2.45, 2.75) is 33.3 Å². The van der Waals surface area contributed by atoms with Gasteiger partial charge in [0.05, 0.1) is 26.2 Å². The number of ether oxygens (including phenoxy) is 3. The van der Waals surface area contributed by atoms with E-state index in [1.807, 2.05) is 32.0 Å². The summed E-state index contributed by atoms with van der Waals surface area (Å²) in [7, 11) is 1.57. The van der Waals surface area contributed by atoms with Crippen LogP contribution >= 0.6 is 0 Å². The second-order valence-electron chi connectivity index (χ2n) is 6.54. The third-order valence-electron chi connectivity index (χ3n) is 3.89. The molecule has 0 aliphatic carbocycles. The number of rotatable bonds is 9. The van der Waals surface area contributed by atoms with E-state index in [-0.39, 0.29) is 24.4 Å². The molecule has 2 rings (SSSR count). The van der Waals surface area contributed by atoms with Crippen LogP contribution in [0.4, 0.5) is 5.69 Å². The van der Waals surface area contributed by atoms with Gasteiger partial charge in [-0.25, -0.2) is 0 Å². The van der Waals surface area contributed by atoms with Crippen LogP contribution in [-0.4, -0.2) is 31.7 Å². The van der Waals surface area contributed by atoms with Crippen LogP contribution in [-0.2, 0) is 20.7 Å². The Morgan fingerprint density at radius 2 is 1.86 bits per heavy atom. The van der Waals surface area contributed by atoms with Gasteiger partial charge in [0, 0.05) is 11.8 Å². The summed E-state index contributed by atoms with van der Waals surface area (Å²) in [4.78, 5) is 24.1. The fourth-order valence-corrected chi connectivity index (χ4v) is 2.65. The van der Waals surface area contributed by atoms with Crippen molar-refractivity contribution in [2.75, 3.05) is 19.0 Å². The third-order valence-corrected chi connectivity index (χ3v) is 3.89. The molecule has 6 nitrogen and oxygen atoms in total. The van der Waals surface area contributed by atoms with Crippen LogP contribution in [0.5, 0.6) is 11.5 Å². The molecule has 6 heteroatoms. The van der Waals surface area contributed by atoms with Crippen molar-refractivity contribution in [3.63, 3.8) is 0 Å². The molecule has 0 aliphatic heterocycles. The molecular formula is C23H27NO5. The topological polar surface area (TPSA) is 73.9 Å². The molecule has 1 N–H and O–H groups in total. The lowest BCUT2D eigenvalue weighted by atomic mass is 10.1. The summed E-state index contributed by atoms with van der Waals surface area (Å²) >= 11 is 0. The smallest absolute Gasteiger partial charge is 0.310 e. The first-order chi connectivity index (χ1) is 13.9. The highest BCUT2D eigenvalue weighted by atomic mass is 16.5. The molecule has 2 aromatic carbocycles. The minimum absolute atomic E-state index is 0.0331. The number of para-hydroxylation sites is 1. The molecule has 0 heterocycles. The van der Waals surface area contributed by atoms with E-state index in [0.717, 1.165) is 5.56 Å². The number of carbonyl (C=O) groups is 2. The Kier molecular flexibility index (Phi) is 8.27. The van der Waals surface area contributed by atoms with E-state index in [9.17, 15) is 9.59 Å². The Balaban J connectivity index is 2.08. The minimum atomic E-state index is -0.333. The lowest BCUT2D eigenvalue weighted by molar-refractivity contribution is -0.142. The second-order valence-corrected chi connectivity index (χ2v) is 6.54. The Morgan fingerprint density at radius 1 is 1.10 bits per heavy atom. The van der Waals surface area contributed by atoms with Crippen molar-refractivity contribution in [1.29, 1.82) is 0 Å². The predicted octanol–water partition coefficient (Wildman–Crippen LogP) is 4.24. The predicted molar refractivity (Wildman–Crippen MR) is 113 cm³/mol. The number of benzene rings is 2. The Hall–Kier alpha value is -3.28. The van der Waals surface area contributed by atoms with Gasteiger partial charge in [0.15, 0.2) is 11.5 Å². The van der Waals surface area contributed by atoms with Crippen molar-refractivity contribution in [2.24, 2.45) is 0 Å². The summed E-state index contributed by atoms with van der Waals surface area (Å²) in [5.41, 5.74) is 2.07. The molecule has 0 aliphatic rings. The van der Waals surface area contributed by atoms with Crippen LogP contribution in [0.1, 0.15) is 31.9 Å². The maximum absolute atomic E-state index is 12.3. The Labute approximate surface area is 171 Å². The maximum atomic E-state index is 12.3.